The van der Waals surface area contributed by atoms with Gasteiger partial charge in [-0.3, -0.25) is 9.89 Å². The van der Waals surface area contributed by atoms with Crippen molar-refractivity contribution in [3.05, 3.63) is 24.2 Å². The molecule has 0 amide bonds. The van der Waals surface area contributed by atoms with Crippen molar-refractivity contribution in [2.45, 2.75) is 51.5 Å². The van der Waals surface area contributed by atoms with Crippen molar-refractivity contribution in [3.63, 3.8) is 0 Å². The lowest BCUT2D eigenvalue weighted by Crippen LogP contribution is -2.43. The quantitative estimate of drug-likeness (QED) is 0.227. The first kappa shape index (κ1) is 24.5. The van der Waals surface area contributed by atoms with Crippen LogP contribution in [-0.2, 0) is 0 Å². The lowest BCUT2D eigenvalue weighted by Gasteiger charge is -2.30. The number of hydrogen-bond donors (Lipinski definition) is 2. The molecule has 0 aliphatic carbocycles. The van der Waals surface area contributed by atoms with Crippen molar-refractivity contribution in [1.82, 2.24) is 20.4 Å². The number of likely N-dealkylation sites (tertiary alicyclic amines) is 2. The van der Waals surface area contributed by atoms with Gasteiger partial charge in [0.25, 0.3) is 0 Å². The Kier molecular flexibility index (Phi) is 11.4. The second-order valence-corrected chi connectivity index (χ2v) is 8.39. The van der Waals surface area contributed by atoms with Gasteiger partial charge in [-0.1, -0.05) is 6.92 Å². The van der Waals surface area contributed by atoms with E-state index < -0.39 is 0 Å². The molecule has 7 heteroatoms. The average molecular weight is 518 g/mol. The van der Waals surface area contributed by atoms with Crippen LogP contribution in [-0.4, -0.2) is 68.6 Å². The number of guanidine groups is 1. The number of nitrogens with one attached hydrogen (secondary N) is 2. The molecule has 2 fully saturated rings. The van der Waals surface area contributed by atoms with Crippen molar-refractivity contribution in [2.75, 3.05) is 52.9 Å². The summed E-state index contributed by atoms with van der Waals surface area (Å²) < 4.78 is 5.70. The molecule has 3 heterocycles. The zero-order valence-corrected chi connectivity index (χ0v) is 20.6. The van der Waals surface area contributed by atoms with Crippen LogP contribution in [0.15, 0.2) is 27.8 Å². The Labute approximate surface area is 193 Å². The maximum absolute atomic E-state index is 5.70. The van der Waals surface area contributed by atoms with Gasteiger partial charge in [-0.25, -0.2) is 0 Å². The standard InChI is InChI=1S/C22H39N5O.HI/c1-19-9-15-26(16-10-19)12-4-3-11-24-22(23-2)25-18-20(21-8-7-17-28-21)27-13-5-6-14-27;/h7-8,17,19-20H,3-6,9-16,18H2,1-2H3,(H2,23,24,25);1H. The molecule has 0 spiro atoms. The Morgan fingerprint density at radius 1 is 1.17 bits per heavy atom. The van der Waals surface area contributed by atoms with Crippen LogP contribution in [0.2, 0.25) is 0 Å². The summed E-state index contributed by atoms with van der Waals surface area (Å²) in [4.78, 5) is 9.53. The van der Waals surface area contributed by atoms with Crippen LogP contribution in [0.25, 0.3) is 0 Å². The molecule has 2 saturated heterocycles. The van der Waals surface area contributed by atoms with Gasteiger partial charge in [-0.15, -0.1) is 24.0 Å². The van der Waals surface area contributed by atoms with Gasteiger partial charge in [0.2, 0.25) is 0 Å². The Morgan fingerprint density at radius 2 is 1.93 bits per heavy atom. The molecule has 1 atom stereocenters. The van der Waals surface area contributed by atoms with Gasteiger partial charge in [0.1, 0.15) is 5.76 Å². The predicted molar refractivity (Wildman–Crippen MR) is 131 cm³/mol. The Hall–Kier alpha value is -0.800. The molecule has 0 bridgehead atoms. The van der Waals surface area contributed by atoms with Crippen LogP contribution in [0, 0.1) is 5.92 Å². The van der Waals surface area contributed by atoms with Gasteiger partial charge in [0.05, 0.1) is 12.3 Å². The second kappa shape index (κ2) is 13.5. The number of aliphatic imine (C=N–C) groups is 1. The number of hydrogen-bond acceptors (Lipinski definition) is 4. The summed E-state index contributed by atoms with van der Waals surface area (Å²) in [5.74, 6) is 2.85. The summed E-state index contributed by atoms with van der Waals surface area (Å²) in [6.45, 7) is 10.3. The molecule has 166 valence electrons. The average Bonchev–Trinajstić information content (AvgIpc) is 3.42. The van der Waals surface area contributed by atoms with E-state index in [2.05, 4.69) is 38.4 Å². The van der Waals surface area contributed by atoms with Gasteiger partial charge in [-0.05, 0) is 89.3 Å². The summed E-state index contributed by atoms with van der Waals surface area (Å²) in [7, 11) is 1.85. The van der Waals surface area contributed by atoms with E-state index in [0.29, 0.717) is 0 Å². The van der Waals surface area contributed by atoms with Crippen LogP contribution in [0.1, 0.15) is 57.3 Å². The molecule has 0 aromatic carbocycles. The number of rotatable bonds is 9. The SMILES string of the molecule is CN=C(NCCCCN1CCC(C)CC1)NCC(c1ccco1)N1CCCC1.I. The van der Waals surface area contributed by atoms with Crippen molar-refractivity contribution >= 4 is 29.9 Å². The topological polar surface area (TPSA) is 56.0 Å². The van der Waals surface area contributed by atoms with Crippen molar-refractivity contribution < 1.29 is 4.42 Å². The minimum atomic E-state index is 0. The van der Waals surface area contributed by atoms with Crippen molar-refractivity contribution in [1.29, 1.82) is 0 Å². The molecule has 29 heavy (non-hydrogen) atoms. The third-order valence-electron chi connectivity index (χ3n) is 6.21. The highest BCUT2D eigenvalue weighted by atomic mass is 127. The molecule has 3 rings (SSSR count). The Bertz CT molecular complexity index is 566. The molecular formula is C22H40IN5O. The van der Waals surface area contributed by atoms with Crippen molar-refractivity contribution in [2.24, 2.45) is 10.9 Å². The first-order valence-corrected chi connectivity index (χ1v) is 11.2. The van der Waals surface area contributed by atoms with E-state index in [1.807, 2.05) is 13.1 Å². The largest absolute Gasteiger partial charge is 0.468 e. The third-order valence-corrected chi connectivity index (χ3v) is 6.21. The van der Waals surface area contributed by atoms with Gasteiger partial charge >= 0.3 is 0 Å². The normalized spacial score (nSPS) is 20.4. The number of unbranched alkanes of at least 4 members (excludes halogenated alkanes) is 1. The van der Waals surface area contributed by atoms with Gasteiger partial charge in [0.15, 0.2) is 5.96 Å². The fraction of sp³-hybridized carbons (Fsp3) is 0.773. The van der Waals surface area contributed by atoms with Gasteiger partial charge in [-0.2, -0.15) is 0 Å². The number of furan rings is 1. The van der Waals surface area contributed by atoms with Crippen LogP contribution in [0.4, 0.5) is 0 Å². The molecule has 2 aliphatic heterocycles. The number of nitrogens with zero attached hydrogens (tertiary/aromatic N) is 3. The Morgan fingerprint density at radius 3 is 2.59 bits per heavy atom. The summed E-state index contributed by atoms with van der Waals surface area (Å²) >= 11 is 0. The molecule has 2 N–H and O–H groups in total. The molecule has 1 unspecified atom stereocenters. The first-order chi connectivity index (χ1) is 13.8. The minimum absolute atomic E-state index is 0. The minimum Gasteiger partial charge on any atom is -0.468 e. The van der Waals surface area contributed by atoms with Crippen LogP contribution >= 0.6 is 24.0 Å². The summed E-state index contributed by atoms with van der Waals surface area (Å²) in [5.41, 5.74) is 0. The van der Waals surface area contributed by atoms with E-state index >= 15 is 0 Å². The number of piperidine rings is 1. The lowest BCUT2D eigenvalue weighted by atomic mass is 9.99. The van der Waals surface area contributed by atoms with Gasteiger partial charge < -0.3 is 20.0 Å². The van der Waals surface area contributed by atoms with E-state index in [0.717, 1.165) is 43.8 Å². The van der Waals surface area contributed by atoms with Gasteiger partial charge in [0, 0.05) is 20.1 Å². The fourth-order valence-electron chi connectivity index (χ4n) is 4.31. The lowest BCUT2D eigenvalue weighted by molar-refractivity contribution is 0.189. The molecular weight excluding hydrogens is 477 g/mol. The summed E-state index contributed by atoms with van der Waals surface area (Å²) in [5, 5.41) is 6.98. The van der Waals surface area contributed by atoms with Crippen LogP contribution in [0.5, 0.6) is 0 Å². The highest BCUT2D eigenvalue weighted by molar-refractivity contribution is 14.0. The maximum Gasteiger partial charge on any atom is 0.191 e. The van der Waals surface area contributed by atoms with E-state index in [1.54, 1.807) is 6.26 Å². The molecule has 2 aliphatic rings. The third kappa shape index (κ3) is 8.09. The van der Waals surface area contributed by atoms with Crippen LogP contribution < -0.4 is 10.6 Å². The molecule has 0 saturated carbocycles. The van der Waals surface area contributed by atoms with E-state index in [1.165, 1.54) is 58.2 Å². The monoisotopic (exact) mass is 517 g/mol. The fourth-order valence-corrected chi connectivity index (χ4v) is 4.31. The molecule has 0 radical (unpaired) electrons. The maximum atomic E-state index is 5.70. The number of halogens is 1. The first-order valence-electron chi connectivity index (χ1n) is 11.2. The van der Waals surface area contributed by atoms with Crippen molar-refractivity contribution in [3.8, 4) is 0 Å². The summed E-state index contributed by atoms with van der Waals surface area (Å²) in [6, 6.07) is 4.34. The van der Waals surface area contributed by atoms with Crippen LogP contribution in [0.3, 0.4) is 0 Å². The predicted octanol–water partition coefficient (Wildman–Crippen LogP) is 3.71. The van der Waals surface area contributed by atoms with E-state index in [4.69, 9.17) is 4.42 Å². The molecule has 6 nitrogen and oxygen atoms in total. The van der Waals surface area contributed by atoms with E-state index in [-0.39, 0.29) is 30.0 Å². The highest BCUT2D eigenvalue weighted by Crippen LogP contribution is 2.24. The highest BCUT2D eigenvalue weighted by Gasteiger charge is 2.25. The zero-order valence-electron chi connectivity index (χ0n) is 18.2. The molecule has 1 aromatic heterocycles. The van der Waals surface area contributed by atoms with E-state index in [9.17, 15) is 0 Å². The summed E-state index contributed by atoms with van der Waals surface area (Å²) in [6.07, 6.45) is 9.49. The molecule has 1 aromatic rings. The second-order valence-electron chi connectivity index (χ2n) is 8.39. The smallest absolute Gasteiger partial charge is 0.191 e. The Balaban J connectivity index is 0.00000300. The zero-order chi connectivity index (χ0) is 19.6.